The fourth-order valence-corrected chi connectivity index (χ4v) is 7.03. The van der Waals surface area contributed by atoms with E-state index in [0.29, 0.717) is 41.3 Å². The van der Waals surface area contributed by atoms with Crippen LogP contribution in [0.3, 0.4) is 0 Å². The summed E-state index contributed by atoms with van der Waals surface area (Å²) in [7, 11) is 0. The summed E-state index contributed by atoms with van der Waals surface area (Å²) in [6.45, 7) is 11.5. The number of hydrogen-bond acceptors (Lipinski definition) is 7. The van der Waals surface area contributed by atoms with Crippen LogP contribution in [-0.4, -0.2) is 82.1 Å². The second-order valence-electron chi connectivity index (χ2n) is 12.0. The number of halogens is 1. The van der Waals surface area contributed by atoms with Crippen molar-refractivity contribution in [2.45, 2.75) is 70.9 Å². The number of rotatable bonds is 9. The highest BCUT2D eigenvalue weighted by Gasteiger charge is 2.40. The number of Topliss-reactive ketones (excluding diaryl/α,β-unsaturated/α-hetero) is 1. The predicted molar refractivity (Wildman–Crippen MR) is 153 cm³/mol. The number of benzene rings is 1. The van der Waals surface area contributed by atoms with Gasteiger partial charge in [0, 0.05) is 33.1 Å². The van der Waals surface area contributed by atoms with Gasteiger partial charge in [-0.2, -0.15) is 0 Å². The van der Waals surface area contributed by atoms with E-state index in [9.17, 15) is 19.1 Å². The molecule has 214 valence electrons. The second-order valence-corrected chi connectivity index (χ2v) is 13.0. The predicted octanol–water partition coefficient (Wildman–Crippen LogP) is 4.47. The van der Waals surface area contributed by atoms with Gasteiger partial charge >= 0.3 is 6.03 Å². The van der Waals surface area contributed by atoms with E-state index in [0.717, 1.165) is 57.3 Å². The van der Waals surface area contributed by atoms with Gasteiger partial charge in [0.05, 0.1) is 21.7 Å². The minimum absolute atomic E-state index is 0.0650. The third-order valence-electron chi connectivity index (χ3n) is 7.55. The molecule has 39 heavy (non-hydrogen) atoms. The van der Waals surface area contributed by atoms with Crippen LogP contribution >= 0.6 is 11.3 Å². The highest BCUT2D eigenvalue weighted by molar-refractivity contribution is 7.17. The van der Waals surface area contributed by atoms with E-state index in [1.54, 1.807) is 6.92 Å². The summed E-state index contributed by atoms with van der Waals surface area (Å²) in [6, 6.07) is 6.46. The summed E-state index contributed by atoms with van der Waals surface area (Å²) < 4.78 is 13.4. The lowest BCUT2D eigenvalue weighted by Gasteiger charge is -2.48. The number of likely N-dealkylation sites (tertiary alicyclic amines) is 2. The molecular formula is C29H42FN5O3S. The Hall–Kier alpha value is -2.40. The number of nitrogens with zero attached hydrogens (tertiary/aromatic N) is 3. The number of nitrogens with one attached hydrogen (secondary N) is 2. The largest absolute Gasteiger partial charge is 0.389 e. The van der Waals surface area contributed by atoms with Crippen molar-refractivity contribution in [1.29, 1.82) is 0 Å². The summed E-state index contributed by atoms with van der Waals surface area (Å²) in [4.78, 5) is 34.8. The molecule has 2 atom stereocenters. The number of thiazole rings is 1. The number of aromatic nitrogens is 1. The molecule has 2 aliphatic rings. The lowest BCUT2D eigenvalue weighted by atomic mass is 9.85. The summed E-state index contributed by atoms with van der Waals surface area (Å²) in [6.07, 6.45) is 4.85. The third kappa shape index (κ3) is 8.54. The number of hydrogen-bond donors (Lipinski definition) is 3. The Morgan fingerprint density at radius 1 is 1.21 bits per heavy atom. The Bertz CT molecular complexity index is 1150. The van der Waals surface area contributed by atoms with Gasteiger partial charge in [0.25, 0.3) is 0 Å². The second kappa shape index (κ2) is 12.4. The van der Waals surface area contributed by atoms with Gasteiger partial charge in [0.2, 0.25) is 0 Å². The minimum atomic E-state index is -0.835. The lowest BCUT2D eigenvalue weighted by molar-refractivity contribution is 0.00500. The van der Waals surface area contributed by atoms with Gasteiger partial charge in [0.1, 0.15) is 5.82 Å². The first-order valence-corrected chi connectivity index (χ1v) is 14.7. The molecule has 2 saturated heterocycles. The zero-order chi connectivity index (χ0) is 28.2. The molecule has 2 fully saturated rings. The Morgan fingerprint density at radius 2 is 1.92 bits per heavy atom. The fraction of sp³-hybridized carbons (Fsp3) is 0.621. The van der Waals surface area contributed by atoms with Crippen molar-refractivity contribution in [3.05, 3.63) is 46.2 Å². The van der Waals surface area contributed by atoms with Gasteiger partial charge in [-0.15, -0.1) is 0 Å². The van der Waals surface area contributed by atoms with E-state index in [2.05, 4.69) is 25.4 Å². The Balaban J connectivity index is 1.47. The molecule has 0 spiro atoms. The molecule has 0 saturated carbocycles. The number of ketones is 1. The smallest absolute Gasteiger partial charge is 0.321 e. The van der Waals surface area contributed by atoms with Gasteiger partial charge in [-0.3, -0.25) is 15.0 Å². The van der Waals surface area contributed by atoms with E-state index in [-0.39, 0.29) is 17.6 Å². The van der Waals surface area contributed by atoms with Gasteiger partial charge in [0.15, 0.2) is 10.9 Å². The molecule has 1 aromatic carbocycles. The summed E-state index contributed by atoms with van der Waals surface area (Å²) in [5.74, 6) is 0.188. The van der Waals surface area contributed by atoms with Crippen molar-refractivity contribution in [2.75, 3.05) is 44.6 Å². The highest BCUT2D eigenvalue weighted by atomic mass is 32.1. The van der Waals surface area contributed by atoms with Crippen LogP contribution in [0.2, 0.25) is 0 Å². The summed E-state index contributed by atoms with van der Waals surface area (Å²) >= 11 is 1.19. The van der Waals surface area contributed by atoms with Crippen molar-refractivity contribution in [3.63, 3.8) is 0 Å². The van der Waals surface area contributed by atoms with Gasteiger partial charge in [-0.1, -0.05) is 23.5 Å². The molecule has 1 aromatic heterocycles. The highest BCUT2D eigenvalue weighted by Crippen LogP contribution is 2.29. The number of anilines is 1. The van der Waals surface area contributed by atoms with Crippen molar-refractivity contribution in [1.82, 2.24) is 20.1 Å². The molecule has 10 heteroatoms. The van der Waals surface area contributed by atoms with Gasteiger partial charge < -0.3 is 15.3 Å². The van der Waals surface area contributed by atoms with Crippen LogP contribution in [0.15, 0.2) is 24.3 Å². The van der Waals surface area contributed by atoms with E-state index >= 15 is 0 Å². The number of amides is 2. The molecule has 8 nitrogen and oxygen atoms in total. The van der Waals surface area contributed by atoms with Crippen molar-refractivity contribution >= 4 is 28.3 Å². The number of carbonyl (C=O) groups is 2. The number of piperidine rings is 2. The number of aryl methyl sites for hydroxylation is 1. The first kappa shape index (κ1) is 29.6. The van der Waals surface area contributed by atoms with Crippen LogP contribution < -0.4 is 10.6 Å². The Morgan fingerprint density at radius 3 is 2.59 bits per heavy atom. The molecule has 4 rings (SSSR count). The zero-order valence-electron chi connectivity index (χ0n) is 23.6. The number of urea groups is 1. The first-order valence-electron chi connectivity index (χ1n) is 13.9. The maximum absolute atomic E-state index is 13.4. The fourth-order valence-electron chi connectivity index (χ4n) is 6.17. The normalized spacial score (nSPS) is 23.0. The van der Waals surface area contributed by atoms with Crippen molar-refractivity contribution < 1.29 is 19.1 Å². The number of β-amino-alcohol motifs (C(OH)–C–C–N with tert-alkyl or cyclic N) is 1. The maximum atomic E-state index is 13.4. The quantitative estimate of drug-likeness (QED) is 0.392. The standard InChI is InChI=1S/C29H42FN5O3S/c1-20-25(21(2)36)39-27(31-20)32-26(37)33-29(12-6-14-35(19-29)17-28(3,4)38)18-34-13-5-7-23(16-34)15-22-8-10-24(30)11-9-22/h8-11,23,38H,5-7,12-19H2,1-4H3,(H2,31,32,33,37)/t23-,29+/m0/s1. The van der Waals surface area contributed by atoms with E-state index in [1.807, 2.05) is 26.0 Å². The monoisotopic (exact) mass is 559 g/mol. The van der Waals surface area contributed by atoms with Crippen LogP contribution in [0.4, 0.5) is 14.3 Å². The van der Waals surface area contributed by atoms with Crippen LogP contribution in [0.5, 0.6) is 0 Å². The van der Waals surface area contributed by atoms with Crippen molar-refractivity contribution in [2.24, 2.45) is 5.92 Å². The molecule has 0 radical (unpaired) electrons. The molecule has 2 amide bonds. The van der Waals surface area contributed by atoms with Crippen LogP contribution in [-0.2, 0) is 6.42 Å². The van der Waals surface area contributed by atoms with E-state index < -0.39 is 11.1 Å². The molecule has 0 bridgehead atoms. The van der Waals surface area contributed by atoms with E-state index in [4.69, 9.17) is 0 Å². The first-order chi connectivity index (χ1) is 18.4. The Labute approximate surface area is 235 Å². The van der Waals surface area contributed by atoms with Gasteiger partial charge in [-0.05, 0) is 89.6 Å². The topological polar surface area (TPSA) is 97.8 Å². The zero-order valence-corrected chi connectivity index (χ0v) is 24.4. The number of aliphatic hydroxyl groups is 1. The lowest BCUT2D eigenvalue weighted by Crippen LogP contribution is -2.65. The van der Waals surface area contributed by atoms with Gasteiger partial charge in [-0.25, -0.2) is 14.2 Å². The van der Waals surface area contributed by atoms with Crippen LogP contribution in [0.25, 0.3) is 0 Å². The summed E-state index contributed by atoms with van der Waals surface area (Å²) in [5, 5.41) is 17.1. The molecular weight excluding hydrogens is 517 g/mol. The van der Waals surface area contributed by atoms with E-state index in [1.165, 1.54) is 30.4 Å². The Kier molecular flexibility index (Phi) is 9.41. The summed E-state index contributed by atoms with van der Waals surface area (Å²) in [5.41, 5.74) is 0.430. The van der Waals surface area contributed by atoms with Crippen molar-refractivity contribution in [3.8, 4) is 0 Å². The molecule has 2 aliphatic heterocycles. The van der Waals surface area contributed by atoms with Crippen LogP contribution in [0, 0.1) is 18.7 Å². The molecule has 0 aliphatic carbocycles. The average Bonchev–Trinajstić information content (AvgIpc) is 3.19. The third-order valence-corrected chi connectivity index (χ3v) is 8.72. The number of carbonyl (C=O) groups excluding carboxylic acids is 2. The molecule has 0 unspecified atom stereocenters. The minimum Gasteiger partial charge on any atom is -0.389 e. The van der Waals surface area contributed by atoms with Crippen LogP contribution in [0.1, 0.15) is 67.4 Å². The SMILES string of the molecule is CC(=O)c1sc(NC(=O)N[C@@]2(CN3CCC[C@@H](Cc4ccc(F)cc4)C3)CCCN(CC(C)(C)O)C2)nc1C. The molecule has 3 heterocycles. The maximum Gasteiger partial charge on any atom is 0.321 e. The molecule has 2 aromatic rings. The average molecular weight is 560 g/mol. The molecule has 3 N–H and O–H groups in total.